The van der Waals surface area contributed by atoms with Gasteiger partial charge in [-0.25, -0.2) is 9.38 Å². The van der Waals surface area contributed by atoms with Crippen LogP contribution in [0.25, 0.3) is 6.08 Å². The van der Waals surface area contributed by atoms with Gasteiger partial charge in [0, 0.05) is 6.54 Å². The molecule has 0 spiro atoms. The zero-order chi connectivity index (χ0) is 18.8. The molecule has 2 aromatic carbocycles. The molecule has 0 aliphatic carbocycles. The van der Waals surface area contributed by atoms with E-state index in [1.165, 1.54) is 18.2 Å². The van der Waals surface area contributed by atoms with Crippen molar-refractivity contribution < 1.29 is 14.0 Å². The Labute approximate surface area is 155 Å². The van der Waals surface area contributed by atoms with E-state index in [0.717, 1.165) is 16.3 Å². The van der Waals surface area contributed by atoms with Gasteiger partial charge in [-0.1, -0.05) is 35.9 Å². The van der Waals surface area contributed by atoms with E-state index in [1.807, 2.05) is 32.1 Å². The van der Waals surface area contributed by atoms with Crippen LogP contribution in [0.5, 0.6) is 0 Å². The number of hydrogen-bond donors (Lipinski definition) is 1. The van der Waals surface area contributed by atoms with Gasteiger partial charge >= 0.3 is 0 Å². The zero-order valence-corrected chi connectivity index (χ0v) is 15.2. The van der Waals surface area contributed by atoms with Gasteiger partial charge in [-0.05, 0) is 48.7 Å². The van der Waals surface area contributed by atoms with Crippen LogP contribution in [-0.2, 0) is 4.79 Å². The molecule has 26 heavy (non-hydrogen) atoms. The lowest BCUT2D eigenvalue weighted by atomic mass is 9.98. The highest BCUT2D eigenvalue weighted by Gasteiger charge is 2.20. The first-order valence-electron chi connectivity index (χ1n) is 8.31. The Hall–Kier alpha value is -2.53. The number of carbonyl (C=O) groups is 2. The molecule has 2 aromatic rings. The summed E-state index contributed by atoms with van der Waals surface area (Å²) in [6.07, 6.45) is 2.26. The van der Waals surface area contributed by atoms with Gasteiger partial charge in [0.2, 0.25) is 0 Å². The summed E-state index contributed by atoms with van der Waals surface area (Å²) < 4.78 is 13.8. The second-order valence-corrected chi connectivity index (χ2v) is 6.72. The van der Waals surface area contributed by atoms with Crippen molar-refractivity contribution in [3.05, 3.63) is 68.4 Å². The summed E-state index contributed by atoms with van der Waals surface area (Å²) in [7, 11) is 0. The van der Waals surface area contributed by atoms with E-state index in [1.54, 1.807) is 0 Å². The molecule has 1 aliphatic heterocycles. The van der Waals surface area contributed by atoms with Crippen LogP contribution < -0.4 is 15.9 Å². The third-order valence-corrected chi connectivity index (χ3v) is 4.90. The summed E-state index contributed by atoms with van der Waals surface area (Å²) in [4.78, 5) is 28.6. The lowest BCUT2D eigenvalue weighted by Crippen LogP contribution is -2.37. The predicted octanol–water partition coefficient (Wildman–Crippen LogP) is 2.47. The van der Waals surface area contributed by atoms with Crippen LogP contribution in [0, 0.1) is 25.6 Å². The number of benzene rings is 2. The Balaban J connectivity index is 1.71. The van der Waals surface area contributed by atoms with Gasteiger partial charge in [0.1, 0.15) is 5.82 Å². The maximum Gasteiger partial charge on any atom is 0.255 e. The first kappa shape index (κ1) is 18.3. The highest BCUT2D eigenvalue weighted by atomic mass is 35.5. The Morgan fingerprint density at radius 1 is 1.27 bits per heavy atom. The van der Waals surface area contributed by atoms with E-state index < -0.39 is 17.6 Å². The molecule has 0 fully saturated rings. The normalized spacial score (nSPS) is 15.7. The molecule has 0 aromatic heterocycles. The number of halogens is 2. The molecule has 0 saturated heterocycles. The molecule has 4 nitrogen and oxygen atoms in total. The molecule has 1 heterocycles. The fraction of sp³-hybridized carbons (Fsp3) is 0.250. The molecule has 0 bridgehead atoms. The predicted molar refractivity (Wildman–Crippen MR) is 98.0 cm³/mol. The molecular formula is C20H18ClFN2O2. The monoisotopic (exact) mass is 372 g/mol. The smallest absolute Gasteiger partial charge is 0.255 e. The lowest BCUT2D eigenvalue weighted by molar-refractivity contribution is -0.120. The molecule has 3 rings (SSSR count). The molecule has 1 unspecified atom stereocenters. The van der Waals surface area contributed by atoms with Crippen molar-refractivity contribution in [1.29, 1.82) is 0 Å². The summed E-state index contributed by atoms with van der Waals surface area (Å²) >= 11 is 5.88. The molecular weight excluding hydrogens is 355 g/mol. The minimum absolute atomic E-state index is 0.0533. The first-order chi connectivity index (χ1) is 12.4. The molecule has 0 saturated carbocycles. The molecule has 134 valence electrons. The number of carbonyl (C=O) groups excluding carboxylic acids is 2. The number of rotatable bonds is 4. The van der Waals surface area contributed by atoms with Crippen molar-refractivity contribution in [2.45, 2.75) is 20.3 Å². The van der Waals surface area contributed by atoms with Crippen LogP contribution >= 0.6 is 11.6 Å². The molecule has 6 heteroatoms. The van der Waals surface area contributed by atoms with Crippen LogP contribution in [-0.4, -0.2) is 18.4 Å². The highest BCUT2D eigenvalue weighted by Crippen LogP contribution is 2.19. The zero-order valence-electron chi connectivity index (χ0n) is 14.5. The summed E-state index contributed by atoms with van der Waals surface area (Å²) in [5.41, 5.74) is 1.89. The van der Waals surface area contributed by atoms with Crippen LogP contribution in [0.1, 0.15) is 27.9 Å². The molecule has 0 radical (unpaired) electrons. The van der Waals surface area contributed by atoms with Gasteiger partial charge in [-0.3, -0.25) is 9.59 Å². The third kappa shape index (κ3) is 3.53. The standard InChI is InChI=1S/C20H18ClFN2O2/c1-11-6-7-13-10-14(19(25)24-18(13)12(11)2)8-9-23-20(26)17-15(21)4-3-5-16(17)22/h3-7,10,14H,8-9H2,1-2H3,(H,23,26). The quantitative estimate of drug-likeness (QED) is 0.896. The number of nitrogens with zero attached hydrogens (tertiary/aromatic N) is 1. The van der Waals surface area contributed by atoms with Crippen molar-refractivity contribution >= 4 is 29.5 Å². The van der Waals surface area contributed by atoms with E-state index in [2.05, 4.69) is 10.3 Å². The van der Waals surface area contributed by atoms with Gasteiger partial charge in [0.05, 0.1) is 21.9 Å². The van der Waals surface area contributed by atoms with Gasteiger partial charge in [0.15, 0.2) is 0 Å². The molecule has 1 atom stereocenters. The topological polar surface area (TPSA) is 58.5 Å². The fourth-order valence-corrected chi connectivity index (χ4v) is 3.19. The Bertz CT molecular complexity index is 997. The number of amides is 2. The van der Waals surface area contributed by atoms with Crippen LogP contribution in [0.4, 0.5) is 4.39 Å². The van der Waals surface area contributed by atoms with E-state index in [0.29, 0.717) is 11.8 Å². The molecule has 1 N–H and O–H groups in total. The summed E-state index contributed by atoms with van der Waals surface area (Å²) in [6.45, 7) is 4.13. The number of aryl methyl sites for hydroxylation is 1. The van der Waals surface area contributed by atoms with Gasteiger partial charge in [-0.2, -0.15) is 0 Å². The Morgan fingerprint density at radius 3 is 2.77 bits per heavy atom. The Kier molecular flexibility index (Phi) is 5.18. The van der Waals surface area contributed by atoms with E-state index in [4.69, 9.17) is 11.6 Å². The van der Waals surface area contributed by atoms with Crippen LogP contribution in [0.15, 0.2) is 35.3 Å². The lowest BCUT2D eigenvalue weighted by Gasteiger charge is -2.14. The number of hydrogen-bond acceptors (Lipinski definition) is 2. The number of nitrogens with one attached hydrogen (secondary N) is 1. The maximum absolute atomic E-state index is 13.8. The third-order valence-electron chi connectivity index (χ3n) is 4.58. The Morgan fingerprint density at radius 2 is 2.04 bits per heavy atom. The first-order valence-corrected chi connectivity index (χ1v) is 8.69. The molecule has 1 aliphatic rings. The molecule has 2 amide bonds. The largest absolute Gasteiger partial charge is 0.352 e. The average Bonchev–Trinajstić information content (AvgIpc) is 2.59. The van der Waals surface area contributed by atoms with Crippen molar-refractivity contribution in [2.75, 3.05) is 6.54 Å². The summed E-state index contributed by atoms with van der Waals surface area (Å²) in [5, 5.41) is 4.30. The van der Waals surface area contributed by atoms with Crippen molar-refractivity contribution in [2.24, 2.45) is 10.9 Å². The van der Waals surface area contributed by atoms with Gasteiger partial charge in [0.25, 0.3) is 11.8 Å². The highest BCUT2D eigenvalue weighted by molar-refractivity contribution is 6.33. The van der Waals surface area contributed by atoms with E-state index in [-0.39, 0.29) is 23.0 Å². The average molecular weight is 373 g/mol. The summed E-state index contributed by atoms with van der Waals surface area (Å²) in [5.74, 6) is -1.92. The van der Waals surface area contributed by atoms with Crippen LogP contribution in [0.3, 0.4) is 0 Å². The number of fused-ring (bicyclic) bond motifs is 1. The summed E-state index contributed by atoms with van der Waals surface area (Å²) in [6, 6.07) is 8.01. The second-order valence-electron chi connectivity index (χ2n) is 6.31. The maximum atomic E-state index is 13.8. The van der Waals surface area contributed by atoms with Crippen molar-refractivity contribution in [1.82, 2.24) is 5.32 Å². The minimum Gasteiger partial charge on any atom is -0.352 e. The SMILES string of the molecule is Cc1ccc2c(c1C)=NC(=O)C(CCNC(=O)c1c(F)cccc1Cl)C=2. The van der Waals surface area contributed by atoms with Crippen molar-refractivity contribution in [3.8, 4) is 0 Å². The van der Waals surface area contributed by atoms with Gasteiger partial charge < -0.3 is 5.32 Å². The second kappa shape index (κ2) is 7.38. The fourth-order valence-electron chi connectivity index (χ4n) is 2.94. The van der Waals surface area contributed by atoms with E-state index in [9.17, 15) is 14.0 Å². The van der Waals surface area contributed by atoms with E-state index >= 15 is 0 Å². The van der Waals surface area contributed by atoms with Crippen molar-refractivity contribution in [3.63, 3.8) is 0 Å². The van der Waals surface area contributed by atoms with Gasteiger partial charge in [-0.15, -0.1) is 0 Å². The van der Waals surface area contributed by atoms with Crippen LogP contribution in [0.2, 0.25) is 5.02 Å². The minimum atomic E-state index is -0.676.